The maximum atomic E-state index is 10.9. The van der Waals surface area contributed by atoms with Crippen molar-refractivity contribution in [2.75, 3.05) is 25.1 Å². The number of hydrogen-bond donors (Lipinski definition) is 0. The van der Waals surface area contributed by atoms with Gasteiger partial charge >= 0.3 is 0 Å². The van der Waals surface area contributed by atoms with Crippen molar-refractivity contribution >= 4 is 23.1 Å². The van der Waals surface area contributed by atoms with Crippen LogP contribution in [0, 0.1) is 0 Å². The third-order valence-corrected chi connectivity index (χ3v) is 2.97. The van der Waals surface area contributed by atoms with Crippen molar-refractivity contribution in [2.24, 2.45) is 0 Å². The first-order valence-corrected chi connectivity index (χ1v) is 6.55. The molecule has 4 heteroatoms. The molecule has 1 aromatic rings. The van der Waals surface area contributed by atoms with Crippen molar-refractivity contribution in [3.63, 3.8) is 0 Å². The van der Waals surface area contributed by atoms with Crippen LogP contribution in [-0.2, 0) is 4.79 Å². The highest BCUT2D eigenvalue weighted by atomic mass is 35.5. The van der Waals surface area contributed by atoms with Crippen molar-refractivity contribution in [1.29, 1.82) is 0 Å². The molecule has 0 N–H and O–H groups in total. The average molecular weight is 270 g/mol. The van der Waals surface area contributed by atoms with Crippen LogP contribution >= 0.6 is 11.6 Å². The Bertz CT molecular complexity index is 407. The van der Waals surface area contributed by atoms with E-state index in [1.54, 1.807) is 6.92 Å². The summed E-state index contributed by atoms with van der Waals surface area (Å²) < 4.78 is 5.39. The first-order chi connectivity index (χ1) is 8.54. The Hall–Kier alpha value is -1.22. The average Bonchev–Trinajstić information content (AvgIpc) is 2.31. The van der Waals surface area contributed by atoms with Crippen LogP contribution in [0.15, 0.2) is 18.2 Å². The second-order valence-corrected chi connectivity index (χ2v) is 4.68. The number of benzene rings is 1. The Morgan fingerprint density at radius 2 is 2.17 bits per heavy atom. The lowest BCUT2D eigenvalue weighted by Gasteiger charge is -2.20. The Morgan fingerprint density at radius 1 is 1.44 bits per heavy atom. The van der Waals surface area contributed by atoms with Crippen molar-refractivity contribution < 1.29 is 9.53 Å². The van der Waals surface area contributed by atoms with Gasteiger partial charge in [0.25, 0.3) is 0 Å². The van der Waals surface area contributed by atoms with Gasteiger partial charge in [0, 0.05) is 25.7 Å². The lowest BCUT2D eigenvalue weighted by atomic mass is 10.2. The van der Waals surface area contributed by atoms with Crippen LogP contribution < -0.4 is 9.64 Å². The number of halogens is 1. The molecule has 0 fully saturated rings. The zero-order valence-electron chi connectivity index (χ0n) is 11.2. The molecule has 0 amide bonds. The van der Waals surface area contributed by atoms with E-state index in [2.05, 4.69) is 4.90 Å². The third-order valence-electron chi connectivity index (χ3n) is 2.68. The molecular weight excluding hydrogens is 250 g/mol. The molecule has 0 atom stereocenters. The maximum absolute atomic E-state index is 10.9. The van der Waals surface area contributed by atoms with Gasteiger partial charge in [0.15, 0.2) is 0 Å². The van der Waals surface area contributed by atoms with Crippen LogP contribution in [0.5, 0.6) is 5.75 Å². The van der Waals surface area contributed by atoms with Gasteiger partial charge in [-0.25, -0.2) is 0 Å². The summed E-state index contributed by atoms with van der Waals surface area (Å²) in [6.45, 7) is 4.99. The molecule has 0 heterocycles. The molecule has 100 valence electrons. The second-order valence-electron chi connectivity index (χ2n) is 4.27. The SMILES string of the molecule is CCOc1ccc(N(C)CCCC(C)=O)cc1Cl. The number of carbonyl (C=O) groups is 1. The van der Waals surface area contributed by atoms with Crippen molar-refractivity contribution in [2.45, 2.75) is 26.7 Å². The first-order valence-electron chi connectivity index (χ1n) is 6.17. The minimum absolute atomic E-state index is 0.230. The number of hydrogen-bond acceptors (Lipinski definition) is 3. The van der Waals surface area contributed by atoms with E-state index in [1.807, 2.05) is 32.2 Å². The van der Waals surface area contributed by atoms with E-state index in [0.29, 0.717) is 23.8 Å². The van der Waals surface area contributed by atoms with Crippen LogP contribution in [0.2, 0.25) is 5.02 Å². The van der Waals surface area contributed by atoms with Gasteiger partial charge in [0.1, 0.15) is 11.5 Å². The molecule has 0 bridgehead atoms. The van der Waals surface area contributed by atoms with Gasteiger partial charge in [-0.15, -0.1) is 0 Å². The summed E-state index contributed by atoms with van der Waals surface area (Å²) in [5, 5.41) is 0.618. The van der Waals surface area contributed by atoms with E-state index in [0.717, 1.165) is 18.7 Å². The molecule has 0 saturated heterocycles. The van der Waals surface area contributed by atoms with Crippen LogP contribution in [0.25, 0.3) is 0 Å². The molecule has 0 aliphatic carbocycles. The van der Waals surface area contributed by atoms with Crippen LogP contribution in [0.4, 0.5) is 5.69 Å². The molecule has 3 nitrogen and oxygen atoms in total. The number of carbonyl (C=O) groups excluding carboxylic acids is 1. The second kappa shape index (κ2) is 7.27. The summed E-state index contributed by atoms with van der Waals surface area (Å²) in [7, 11) is 1.99. The quantitative estimate of drug-likeness (QED) is 0.758. The zero-order valence-corrected chi connectivity index (χ0v) is 12.0. The van der Waals surface area contributed by atoms with E-state index in [4.69, 9.17) is 16.3 Å². The number of anilines is 1. The minimum atomic E-state index is 0.230. The summed E-state index contributed by atoms with van der Waals surface area (Å²) in [5.74, 6) is 0.938. The summed E-state index contributed by atoms with van der Waals surface area (Å²) in [6, 6.07) is 5.74. The van der Waals surface area contributed by atoms with Gasteiger partial charge in [-0.05, 0) is 38.5 Å². The van der Waals surface area contributed by atoms with Gasteiger partial charge in [-0.1, -0.05) is 11.6 Å². The van der Waals surface area contributed by atoms with Crippen molar-refractivity contribution in [3.8, 4) is 5.75 Å². The molecule has 0 radical (unpaired) electrons. The van der Waals surface area contributed by atoms with Gasteiger partial charge in [0.05, 0.1) is 11.6 Å². The van der Waals surface area contributed by atoms with Crippen LogP contribution in [0.3, 0.4) is 0 Å². The van der Waals surface area contributed by atoms with E-state index in [-0.39, 0.29) is 5.78 Å². The number of Topliss-reactive ketones (excluding diaryl/α,β-unsaturated/α-hetero) is 1. The first kappa shape index (κ1) is 14.8. The summed E-state index contributed by atoms with van der Waals surface area (Å²) in [6.07, 6.45) is 1.48. The van der Waals surface area contributed by atoms with Crippen LogP contribution in [-0.4, -0.2) is 26.0 Å². The van der Waals surface area contributed by atoms with E-state index < -0.39 is 0 Å². The van der Waals surface area contributed by atoms with Crippen molar-refractivity contribution in [3.05, 3.63) is 23.2 Å². The third kappa shape index (κ3) is 4.57. The smallest absolute Gasteiger partial charge is 0.138 e. The Labute approximate surface area is 114 Å². The Kier molecular flexibility index (Phi) is 5.99. The van der Waals surface area contributed by atoms with E-state index >= 15 is 0 Å². The predicted molar refractivity (Wildman–Crippen MR) is 75.8 cm³/mol. The standard InChI is InChI=1S/C14H20ClNO2/c1-4-18-14-8-7-12(10-13(14)15)16(3)9-5-6-11(2)17/h7-8,10H,4-6,9H2,1-3H3. The molecule has 0 unspecified atom stereocenters. The van der Waals surface area contributed by atoms with E-state index in [9.17, 15) is 4.79 Å². The van der Waals surface area contributed by atoms with E-state index in [1.165, 1.54) is 0 Å². The summed E-state index contributed by atoms with van der Waals surface area (Å²) >= 11 is 6.13. The Morgan fingerprint density at radius 3 is 2.72 bits per heavy atom. The summed E-state index contributed by atoms with van der Waals surface area (Å²) in [5.41, 5.74) is 1.03. The molecule has 0 aromatic heterocycles. The van der Waals surface area contributed by atoms with Gasteiger partial charge in [-0.2, -0.15) is 0 Å². The van der Waals surface area contributed by atoms with Gasteiger partial charge < -0.3 is 14.4 Å². The molecular formula is C14H20ClNO2. The monoisotopic (exact) mass is 269 g/mol. The Balaban J connectivity index is 2.60. The number of nitrogens with zero attached hydrogens (tertiary/aromatic N) is 1. The number of ketones is 1. The lowest BCUT2D eigenvalue weighted by molar-refractivity contribution is -0.117. The largest absolute Gasteiger partial charge is 0.492 e. The molecule has 1 aromatic carbocycles. The maximum Gasteiger partial charge on any atom is 0.138 e. The fraction of sp³-hybridized carbons (Fsp3) is 0.500. The molecule has 1 rings (SSSR count). The minimum Gasteiger partial charge on any atom is -0.492 e. The van der Waals surface area contributed by atoms with Crippen molar-refractivity contribution in [1.82, 2.24) is 0 Å². The fourth-order valence-electron chi connectivity index (χ4n) is 1.69. The highest BCUT2D eigenvalue weighted by Crippen LogP contribution is 2.29. The number of ether oxygens (including phenoxy) is 1. The highest BCUT2D eigenvalue weighted by Gasteiger charge is 2.06. The van der Waals surface area contributed by atoms with Gasteiger partial charge in [0.2, 0.25) is 0 Å². The summed E-state index contributed by atoms with van der Waals surface area (Å²) in [4.78, 5) is 13.0. The fourth-order valence-corrected chi connectivity index (χ4v) is 1.92. The number of rotatable bonds is 7. The molecule has 0 aliphatic rings. The van der Waals surface area contributed by atoms with Crippen LogP contribution in [0.1, 0.15) is 26.7 Å². The zero-order chi connectivity index (χ0) is 13.5. The molecule has 18 heavy (non-hydrogen) atoms. The molecule has 0 aliphatic heterocycles. The normalized spacial score (nSPS) is 10.2. The topological polar surface area (TPSA) is 29.5 Å². The predicted octanol–water partition coefficient (Wildman–Crippen LogP) is 3.54. The highest BCUT2D eigenvalue weighted by molar-refractivity contribution is 6.32. The molecule has 0 spiro atoms. The van der Waals surface area contributed by atoms with Gasteiger partial charge in [-0.3, -0.25) is 0 Å². The molecule has 0 saturated carbocycles. The lowest BCUT2D eigenvalue weighted by Crippen LogP contribution is -2.19.